The maximum atomic E-state index is 13.4. The molecule has 7 nitrogen and oxygen atoms in total. The van der Waals surface area contributed by atoms with Gasteiger partial charge in [0, 0.05) is 19.6 Å². The van der Waals surface area contributed by atoms with E-state index in [-0.39, 0.29) is 23.8 Å². The predicted molar refractivity (Wildman–Crippen MR) is 109 cm³/mol. The Balaban J connectivity index is 1.42. The summed E-state index contributed by atoms with van der Waals surface area (Å²) in [4.78, 5) is 34.5. The second kappa shape index (κ2) is 8.76. The number of hydrogen-bond acceptors (Lipinski definition) is 4. The maximum Gasteiger partial charge on any atom is 0.228 e. The molecule has 7 heteroatoms. The third kappa shape index (κ3) is 4.49. The lowest BCUT2D eigenvalue weighted by atomic mass is 9.93. The van der Waals surface area contributed by atoms with Crippen molar-refractivity contribution in [2.45, 2.75) is 51.5 Å². The molecule has 1 N–H and O–H groups in total. The molecule has 0 bridgehead atoms. The van der Waals surface area contributed by atoms with Crippen molar-refractivity contribution < 1.29 is 9.59 Å². The lowest BCUT2D eigenvalue weighted by molar-refractivity contribution is -0.143. The SMILES string of the molecule is Cc1nc([C@H]2CCCCN2C(=O)[C@H]2CCCN(C(=O)Cc3ccccc3)C2)n[nH]1. The molecule has 2 saturated heterocycles. The van der Waals surface area contributed by atoms with Crippen molar-refractivity contribution in [3.8, 4) is 0 Å². The number of hydrogen-bond donors (Lipinski definition) is 1. The van der Waals surface area contributed by atoms with Crippen LogP contribution >= 0.6 is 0 Å². The third-order valence-electron chi connectivity index (χ3n) is 6.02. The first kappa shape index (κ1) is 19.6. The van der Waals surface area contributed by atoms with Gasteiger partial charge in [0.1, 0.15) is 5.82 Å². The van der Waals surface area contributed by atoms with Gasteiger partial charge in [-0.1, -0.05) is 30.3 Å². The highest BCUT2D eigenvalue weighted by molar-refractivity contribution is 5.82. The van der Waals surface area contributed by atoms with Crippen molar-refractivity contribution in [2.75, 3.05) is 19.6 Å². The number of benzene rings is 1. The second-order valence-electron chi connectivity index (χ2n) is 8.16. The minimum atomic E-state index is -0.135. The highest BCUT2D eigenvalue weighted by Crippen LogP contribution is 2.32. The minimum Gasteiger partial charge on any atom is -0.342 e. The molecule has 154 valence electrons. The molecule has 2 fully saturated rings. The Bertz CT molecular complexity index is 850. The fourth-order valence-corrected chi connectivity index (χ4v) is 4.49. The van der Waals surface area contributed by atoms with Crippen LogP contribution in [0, 0.1) is 12.8 Å². The Morgan fingerprint density at radius 1 is 1.10 bits per heavy atom. The quantitative estimate of drug-likeness (QED) is 0.863. The summed E-state index contributed by atoms with van der Waals surface area (Å²) in [5.74, 6) is 1.60. The van der Waals surface area contributed by atoms with E-state index in [2.05, 4.69) is 15.2 Å². The summed E-state index contributed by atoms with van der Waals surface area (Å²) < 4.78 is 0. The number of piperidine rings is 2. The van der Waals surface area contributed by atoms with E-state index in [0.717, 1.165) is 56.6 Å². The Labute approximate surface area is 171 Å². The Morgan fingerprint density at radius 2 is 1.93 bits per heavy atom. The molecule has 0 saturated carbocycles. The van der Waals surface area contributed by atoms with Gasteiger partial charge >= 0.3 is 0 Å². The number of aromatic amines is 1. The smallest absolute Gasteiger partial charge is 0.228 e. The van der Waals surface area contributed by atoms with Gasteiger partial charge in [0.2, 0.25) is 11.8 Å². The van der Waals surface area contributed by atoms with Crippen molar-refractivity contribution in [1.29, 1.82) is 0 Å². The van der Waals surface area contributed by atoms with Gasteiger partial charge in [0.15, 0.2) is 5.82 Å². The van der Waals surface area contributed by atoms with Crippen LogP contribution in [0.1, 0.15) is 55.4 Å². The lowest BCUT2D eigenvalue weighted by Gasteiger charge is -2.39. The van der Waals surface area contributed by atoms with Crippen LogP contribution in [0.15, 0.2) is 30.3 Å². The van der Waals surface area contributed by atoms with E-state index in [0.29, 0.717) is 18.8 Å². The fourth-order valence-electron chi connectivity index (χ4n) is 4.49. The van der Waals surface area contributed by atoms with Crippen LogP contribution in [-0.2, 0) is 16.0 Å². The van der Waals surface area contributed by atoms with Crippen LogP contribution in [-0.4, -0.2) is 56.4 Å². The Kier molecular flexibility index (Phi) is 5.92. The van der Waals surface area contributed by atoms with Crippen molar-refractivity contribution in [2.24, 2.45) is 5.92 Å². The molecular formula is C22H29N5O2. The molecule has 0 unspecified atom stereocenters. The summed E-state index contributed by atoms with van der Waals surface area (Å²) in [5, 5.41) is 7.21. The van der Waals surface area contributed by atoms with Crippen LogP contribution in [0.25, 0.3) is 0 Å². The summed E-state index contributed by atoms with van der Waals surface area (Å²) in [6, 6.07) is 9.74. The average molecular weight is 396 g/mol. The van der Waals surface area contributed by atoms with Gasteiger partial charge < -0.3 is 9.80 Å². The normalized spacial score (nSPS) is 22.5. The molecule has 2 aromatic rings. The van der Waals surface area contributed by atoms with E-state index in [1.54, 1.807) is 0 Å². The molecule has 2 atom stereocenters. The number of carbonyl (C=O) groups is 2. The van der Waals surface area contributed by atoms with Crippen molar-refractivity contribution in [1.82, 2.24) is 25.0 Å². The van der Waals surface area contributed by atoms with Crippen molar-refractivity contribution in [3.63, 3.8) is 0 Å². The van der Waals surface area contributed by atoms with Gasteiger partial charge in [0.25, 0.3) is 0 Å². The number of carbonyl (C=O) groups excluding carboxylic acids is 2. The summed E-state index contributed by atoms with van der Waals surface area (Å²) in [6.07, 6.45) is 5.08. The number of nitrogens with one attached hydrogen (secondary N) is 1. The van der Waals surface area contributed by atoms with Gasteiger partial charge in [-0.15, -0.1) is 0 Å². The summed E-state index contributed by atoms with van der Waals surface area (Å²) in [5.41, 5.74) is 1.02. The van der Waals surface area contributed by atoms with E-state index in [9.17, 15) is 9.59 Å². The van der Waals surface area contributed by atoms with E-state index >= 15 is 0 Å². The van der Waals surface area contributed by atoms with E-state index in [1.165, 1.54) is 0 Å². The van der Waals surface area contributed by atoms with Crippen LogP contribution < -0.4 is 0 Å². The standard InChI is InChI=1S/C22H29N5O2/c1-16-23-21(25-24-16)19-11-5-6-13-27(19)22(29)18-10-7-12-26(15-18)20(28)14-17-8-3-2-4-9-17/h2-4,8-9,18-19H,5-7,10-15H2,1H3,(H,23,24,25)/t18-,19+/m0/s1. The molecule has 1 aromatic carbocycles. The van der Waals surface area contributed by atoms with E-state index < -0.39 is 0 Å². The molecule has 0 aliphatic carbocycles. The third-order valence-corrected chi connectivity index (χ3v) is 6.02. The summed E-state index contributed by atoms with van der Waals surface area (Å²) in [6.45, 7) is 3.87. The fraction of sp³-hybridized carbons (Fsp3) is 0.545. The molecule has 2 amide bonds. The predicted octanol–water partition coefficient (Wildman–Crippen LogP) is 2.65. The van der Waals surface area contributed by atoms with Crippen LogP contribution in [0.2, 0.25) is 0 Å². The zero-order chi connectivity index (χ0) is 20.2. The van der Waals surface area contributed by atoms with Crippen LogP contribution in [0.5, 0.6) is 0 Å². The van der Waals surface area contributed by atoms with Crippen LogP contribution in [0.4, 0.5) is 0 Å². The van der Waals surface area contributed by atoms with Crippen molar-refractivity contribution >= 4 is 11.8 Å². The molecule has 2 aliphatic heterocycles. The van der Waals surface area contributed by atoms with E-state index in [4.69, 9.17) is 0 Å². The van der Waals surface area contributed by atoms with E-state index in [1.807, 2.05) is 47.1 Å². The first-order valence-electron chi connectivity index (χ1n) is 10.6. The molecule has 0 radical (unpaired) electrons. The maximum absolute atomic E-state index is 13.4. The highest BCUT2D eigenvalue weighted by Gasteiger charge is 2.36. The summed E-state index contributed by atoms with van der Waals surface area (Å²) >= 11 is 0. The zero-order valence-corrected chi connectivity index (χ0v) is 17.0. The highest BCUT2D eigenvalue weighted by atomic mass is 16.2. The number of aromatic nitrogens is 3. The monoisotopic (exact) mass is 395 g/mol. The molecule has 0 spiro atoms. The number of nitrogens with zero attached hydrogens (tertiary/aromatic N) is 4. The molecule has 4 rings (SSSR count). The number of amides is 2. The summed E-state index contributed by atoms with van der Waals surface area (Å²) in [7, 11) is 0. The zero-order valence-electron chi connectivity index (χ0n) is 17.0. The molecular weight excluding hydrogens is 366 g/mol. The molecule has 1 aromatic heterocycles. The van der Waals surface area contributed by atoms with Crippen molar-refractivity contribution in [3.05, 3.63) is 47.5 Å². The number of H-pyrrole nitrogens is 1. The van der Waals surface area contributed by atoms with Crippen LogP contribution in [0.3, 0.4) is 0 Å². The second-order valence-corrected chi connectivity index (χ2v) is 8.16. The van der Waals surface area contributed by atoms with Gasteiger partial charge in [0.05, 0.1) is 18.4 Å². The first-order valence-corrected chi connectivity index (χ1v) is 10.6. The number of aryl methyl sites for hydroxylation is 1. The minimum absolute atomic E-state index is 0.0587. The van der Waals surface area contributed by atoms with Gasteiger partial charge in [-0.3, -0.25) is 14.7 Å². The molecule has 3 heterocycles. The van der Waals surface area contributed by atoms with Gasteiger partial charge in [-0.25, -0.2) is 4.98 Å². The molecule has 2 aliphatic rings. The average Bonchev–Trinajstić information content (AvgIpc) is 3.20. The topological polar surface area (TPSA) is 82.2 Å². The molecule has 29 heavy (non-hydrogen) atoms. The number of rotatable bonds is 4. The Hall–Kier alpha value is -2.70. The largest absolute Gasteiger partial charge is 0.342 e. The first-order chi connectivity index (χ1) is 14.1. The lowest BCUT2D eigenvalue weighted by Crippen LogP contribution is -2.49. The Morgan fingerprint density at radius 3 is 2.69 bits per heavy atom. The number of likely N-dealkylation sites (tertiary alicyclic amines) is 2. The van der Waals surface area contributed by atoms with Gasteiger partial charge in [-0.2, -0.15) is 5.10 Å². The van der Waals surface area contributed by atoms with Gasteiger partial charge in [-0.05, 0) is 44.6 Å².